The predicted octanol–water partition coefficient (Wildman–Crippen LogP) is 4.01. The van der Waals surface area contributed by atoms with E-state index in [9.17, 15) is 4.79 Å². The van der Waals surface area contributed by atoms with Crippen LogP contribution in [0.1, 0.15) is 19.9 Å². The number of benzene rings is 1. The van der Waals surface area contributed by atoms with E-state index in [1.807, 2.05) is 24.5 Å². The molecule has 1 aromatic carbocycles. The van der Waals surface area contributed by atoms with E-state index in [2.05, 4.69) is 31.4 Å². The van der Waals surface area contributed by atoms with Crippen LogP contribution in [0.3, 0.4) is 0 Å². The number of hydrogen-bond donors (Lipinski definition) is 1. The number of rotatable bonds is 5. The normalized spacial score (nSPS) is 10.9. The molecule has 0 fully saturated rings. The Morgan fingerprint density at radius 3 is 2.95 bits per heavy atom. The molecule has 2 aromatic rings. The highest BCUT2D eigenvalue weighted by Crippen LogP contribution is 2.26. The molecule has 21 heavy (non-hydrogen) atoms. The Bertz CT molecular complexity index is 647. The van der Waals surface area contributed by atoms with Crippen molar-refractivity contribution in [2.24, 2.45) is 0 Å². The number of nitrogens with zero attached hydrogens (tertiary/aromatic N) is 3. The number of amides is 1. The summed E-state index contributed by atoms with van der Waals surface area (Å²) in [5.41, 5.74) is 0.593. The Hall–Kier alpha value is -1.05. The second kappa shape index (κ2) is 7.29. The van der Waals surface area contributed by atoms with Gasteiger partial charge in [0.1, 0.15) is 6.33 Å². The molecule has 2 rings (SSSR count). The van der Waals surface area contributed by atoms with Gasteiger partial charge in [0.05, 0.1) is 16.5 Å². The van der Waals surface area contributed by atoms with Crippen molar-refractivity contribution in [1.29, 1.82) is 0 Å². The maximum absolute atomic E-state index is 12.0. The first-order chi connectivity index (χ1) is 9.97. The zero-order valence-electron chi connectivity index (χ0n) is 11.5. The van der Waals surface area contributed by atoms with Crippen LogP contribution in [0.15, 0.2) is 34.2 Å². The van der Waals surface area contributed by atoms with Gasteiger partial charge in [-0.05, 0) is 32.0 Å². The topological polar surface area (TPSA) is 59.8 Å². The fraction of sp³-hybridized carbons (Fsp3) is 0.308. The first kappa shape index (κ1) is 16.3. The molecule has 8 heteroatoms. The molecule has 0 radical (unpaired) electrons. The minimum Gasteiger partial charge on any atom is -0.324 e. The number of hydrogen-bond acceptors (Lipinski definition) is 4. The van der Waals surface area contributed by atoms with E-state index in [0.29, 0.717) is 10.7 Å². The molecule has 1 heterocycles. The molecule has 0 atom stereocenters. The molecule has 1 aromatic heterocycles. The van der Waals surface area contributed by atoms with Crippen LogP contribution in [0.4, 0.5) is 5.69 Å². The largest absolute Gasteiger partial charge is 0.324 e. The van der Waals surface area contributed by atoms with Crippen molar-refractivity contribution in [3.63, 3.8) is 0 Å². The lowest BCUT2D eigenvalue weighted by molar-refractivity contribution is -0.113. The van der Waals surface area contributed by atoms with E-state index < -0.39 is 0 Å². The number of carbonyl (C=O) groups excluding carboxylic acids is 1. The Labute approximate surface area is 140 Å². The fourth-order valence-corrected chi connectivity index (χ4v) is 3.16. The summed E-state index contributed by atoms with van der Waals surface area (Å²) in [6, 6.07) is 5.57. The zero-order chi connectivity index (χ0) is 15.4. The fourth-order valence-electron chi connectivity index (χ4n) is 1.60. The summed E-state index contributed by atoms with van der Waals surface area (Å²) < 4.78 is 2.79. The molecule has 112 valence electrons. The molecule has 0 aliphatic heterocycles. The molecular weight excluding hydrogens is 376 g/mol. The number of thioether (sulfide) groups is 1. The van der Waals surface area contributed by atoms with Crippen LogP contribution in [0, 0.1) is 0 Å². The van der Waals surface area contributed by atoms with Crippen molar-refractivity contribution in [2.75, 3.05) is 11.1 Å². The average molecular weight is 390 g/mol. The van der Waals surface area contributed by atoms with Gasteiger partial charge in [0.25, 0.3) is 0 Å². The second-order valence-corrected chi connectivity index (χ2v) is 6.84. The van der Waals surface area contributed by atoms with Crippen LogP contribution in [0.25, 0.3) is 0 Å². The molecule has 1 N–H and O–H groups in total. The van der Waals surface area contributed by atoms with Gasteiger partial charge >= 0.3 is 0 Å². The van der Waals surface area contributed by atoms with Gasteiger partial charge in [0.15, 0.2) is 5.16 Å². The molecule has 0 unspecified atom stereocenters. The van der Waals surface area contributed by atoms with Gasteiger partial charge in [-0.25, -0.2) is 0 Å². The number of anilines is 1. The predicted molar refractivity (Wildman–Crippen MR) is 88.9 cm³/mol. The van der Waals surface area contributed by atoms with E-state index in [1.54, 1.807) is 18.5 Å². The molecule has 0 saturated heterocycles. The summed E-state index contributed by atoms with van der Waals surface area (Å²) in [4.78, 5) is 12.0. The van der Waals surface area contributed by atoms with E-state index in [0.717, 1.165) is 9.63 Å². The lowest BCUT2D eigenvalue weighted by Crippen LogP contribution is -2.15. The Kier molecular flexibility index (Phi) is 5.66. The van der Waals surface area contributed by atoms with E-state index >= 15 is 0 Å². The minimum atomic E-state index is -0.137. The quantitative estimate of drug-likeness (QED) is 0.785. The minimum absolute atomic E-state index is 0.137. The third-order valence-electron chi connectivity index (χ3n) is 2.63. The van der Waals surface area contributed by atoms with Crippen molar-refractivity contribution < 1.29 is 4.79 Å². The van der Waals surface area contributed by atoms with Crippen LogP contribution in [-0.2, 0) is 4.79 Å². The summed E-state index contributed by atoms with van der Waals surface area (Å²) in [6.07, 6.45) is 1.66. The standard InChI is InChI=1S/C13H14BrClN4OS/c1-8(2)19-7-16-18-13(19)21-6-12(20)17-11-4-3-9(14)5-10(11)15/h3-5,7-8H,6H2,1-2H3,(H,17,20). The van der Waals surface area contributed by atoms with Gasteiger partial charge < -0.3 is 9.88 Å². The van der Waals surface area contributed by atoms with Crippen molar-refractivity contribution in [3.8, 4) is 0 Å². The summed E-state index contributed by atoms with van der Waals surface area (Å²) >= 11 is 10.7. The summed E-state index contributed by atoms with van der Waals surface area (Å²) in [7, 11) is 0. The maximum atomic E-state index is 12.0. The Balaban J connectivity index is 1.94. The van der Waals surface area contributed by atoms with Crippen molar-refractivity contribution in [1.82, 2.24) is 14.8 Å². The maximum Gasteiger partial charge on any atom is 0.234 e. The van der Waals surface area contributed by atoms with Crippen LogP contribution in [0.2, 0.25) is 5.02 Å². The van der Waals surface area contributed by atoms with E-state index in [4.69, 9.17) is 11.6 Å². The van der Waals surface area contributed by atoms with Gasteiger partial charge in [0.2, 0.25) is 5.91 Å². The van der Waals surface area contributed by atoms with Crippen LogP contribution in [-0.4, -0.2) is 26.4 Å². The average Bonchev–Trinajstić information content (AvgIpc) is 2.88. The Morgan fingerprint density at radius 1 is 1.52 bits per heavy atom. The van der Waals surface area contributed by atoms with Gasteiger partial charge in [-0.1, -0.05) is 39.3 Å². The third-order valence-corrected chi connectivity index (χ3v) is 4.40. The second-order valence-electron chi connectivity index (χ2n) is 4.58. The summed E-state index contributed by atoms with van der Waals surface area (Å²) in [6.45, 7) is 4.07. The molecule has 0 spiro atoms. The third kappa shape index (κ3) is 4.46. The van der Waals surface area contributed by atoms with Crippen molar-refractivity contribution in [2.45, 2.75) is 25.0 Å². The molecule has 0 aliphatic carbocycles. The molecule has 0 saturated carbocycles. The highest BCUT2D eigenvalue weighted by atomic mass is 79.9. The van der Waals surface area contributed by atoms with Crippen LogP contribution < -0.4 is 5.32 Å². The lowest BCUT2D eigenvalue weighted by Gasteiger charge is -2.10. The highest BCUT2D eigenvalue weighted by molar-refractivity contribution is 9.10. The monoisotopic (exact) mass is 388 g/mol. The van der Waals surface area contributed by atoms with E-state index in [1.165, 1.54) is 11.8 Å². The molecule has 5 nitrogen and oxygen atoms in total. The molecule has 0 aliphatic rings. The highest BCUT2D eigenvalue weighted by Gasteiger charge is 2.11. The smallest absolute Gasteiger partial charge is 0.234 e. The molecule has 1 amide bonds. The number of nitrogens with one attached hydrogen (secondary N) is 1. The van der Waals surface area contributed by atoms with Gasteiger partial charge in [-0.15, -0.1) is 10.2 Å². The van der Waals surface area contributed by atoms with E-state index in [-0.39, 0.29) is 17.7 Å². The van der Waals surface area contributed by atoms with Gasteiger partial charge in [-0.2, -0.15) is 0 Å². The number of carbonyl (C=O) groups is 1. The summed E-state index contributed by atoms with van der Waals surface area (Å²) in [5.74, 6) is 0.111. The van der Waals surface area contributed by atoms with Gasteiger partial charge in [0, 0.05) is 10.5 Å². The number of aromatic nitrogens is 3. The van der Waals surface area contributed by atoms with Gasteiger partial charge in [-0.3, -0.25) is 4.79 Å². The lowest BCUT2D eigenvalue weighted by atomic mass is 10.3. The summed E-state index contributed by atoms with van der Waals surface area (Å²) in [5, 5.41) is 11.9. The molecular formula is C13H14BrClN4OS. The SMILES string of the molecule is CC(C)n1cnnc1SCC(=O)Nc1ccc(Br)cc1Cl. The first-order valence-electron chi connectivity index (χ1n) is 6.24. The zero-order valence-corrected chi connectivity index (χ0v) is 14.7. The van der Waals surface area contributed by atoms with Crippen molar-refractivity contribution in [3.05, 3.63) is 34.0 Å². The van der Waals surface area contributed by atoms with Crippen LogP contribution in [0.5, 0.6) is 0 Å². The first-order valence-corrected chi connectivity index (χ1v) is 8.40. The molecule has 0 bridgehead atoms. The number of halogens is 2. The van der Waals surface area contributed by atoms with Crippen LogP contribution >= 0.6 is 39.3 Å². The van der Waals surface area contributed by atoms with Crippen molar-refractivity contribution >= 4 is 50.9 Å². The Morgan fingerprint density at radius 2 is 2.29 bits per heavy atom.